The standard InChI is InChI=1S/C10H10F4O4/c1-5-6(2-7(18-5)8(15)16)3-17-4-10(13,14)9(11)12/h2,9H,3-4H2,1H3,(H,15,16). The van der Waals surface area contributed by atoms with Crippen LogP contribution in [-0.2, 0) is 11.3 Å². The molecule has 1 heterocycles. The van der Waals surface area contributed by atoms with E-state index < -0.39 is 31.5 Å². The Hall–Kier alpha value is -1.57. The lowest BCUT2D eigenvalue weighted by Crippen LogP contribution is -2.32. The van der Waals surface area contributed by atoms with Crippen molar-refractivity contribution in [2.45, 2.75) is 25.9 Å². The predicted molar refractivity (Wildman–Crippen MR) is 51.0 cm³/mol. The van der Waals surface area contributed by atoms with Crippen molar-refractivity contribution in [3.05, 3.63) is 23.2 Å². The lowest BCUT2D eigenvalue weighted by Gasteiger charge is -2.14. The normalized spacial score (nSPS) is 12.1. The highest BCUT2D eigenvalue weighted by molar-refractivity contribution is 5.84. The molecule has 0 saturated carbocycles. The van der Waals surface area contributed by atoms with Gasteiger partial charge < -0.3 is 14.3 Å². The molecule has 0 radical (unpaired) electrons. The van der Waals surface area contributed by atoms with Crippen LogP contribution in [0.5, 0.6) is 0 Å². The van der Waals surface area contributed by atoms with Crippen LogP contribution in [0, 0.1) is 6.92 Å². The van der Waals surface area contributed by atoms with Crippen LogP contribution in [0.25, 0.3) is 0 Å². The predicted octanol–water partition coefficient (Wildman–Crippen LogP) is 2.70. The molecule has 0 fully saturated rings. The lowest BCUT2D eigenvalue weighted by molar-refractivity contribution is -0.168. The van der Waals surface area contributed by atoms with Crippen LogP contribution in [0.3, 0.4) is 0 Å². The van der Waals surface area contributed by atoms with Crippen molar-refractivity contribution in [1.29, 1.82) is 0 Å². The molecule has 0 saturated heterocycles. The Bertz CT molecular complexity index is 428. The molecular weight excluding hydrogens is 260 g/mol. The SMILES string of the molecule is Cc1oc(C(=O)O)cc1COCC(F)(F)C(F)F. The van der Waals surface area contributed by atoms with Crippen molar-refractivity contribution >= 4 is 5.97 Å². The topological polar surface area (TPSA) is 59.7 Å². The second-order valence-corrected chi connectivity index (χ2v) is 3.55. The molecule has 0 aliphatic heterocycles. The Morgan fingerprint density at radius 3 is 2.61 bits per heavy atom. The van der Waals surface area contributed by atoms with Crippen molar-refractivity contribution < 1.29 is 36.6 Å². The first kappa shape index (κ1) is 14.5. The molecule has 0 bridgehead atoms. The molecular formula is C10H10F4O4. The molecule has 0 atom stereocenters. The number of ether oxygens (including phenoxy) is 1. The number of carboxylic acids is 1. The number of aromatic carboxylic acids is 1. The molecule has 18 heavy (non-hydrogen) atoms. The van der Waals surface area contributed by atoms with Gasteiger partial charge in [0.25, 0.3) is 0 Å². The molecule has 0 aliphatic carbocycles. The summed E-state index contributed by atoms with van der Waals surface area (Å²) >= 11 is 0. The number of furan rings is 1. The van der Waals surface area contributed by atoms with E-state index in [0.29, 0.717) is 0 Å². The second kappa shape index (κ2) is 5.38. The zero-order valence-electron chi connectivity index (χ0n) is 9.25. The van der Waals surface area contributed by atoms with Crippen LogP contribution < -0.4 is 0 Å². The first-order valence-electron chi connectivity index (χ1n) is 4.80. The maximum absolute atomic E-state index is 12.5. The number of alkyl halides is 4. The van der Waals surface area contributed by atoms with Crippen LogP contribution in [0.4, 0.5) is 17.6 Å². The first-order valence-corrected chi connectivity index (χ1v) is 4.80. The molecule has 1 aromatic rings. The molecule has 102 valence electrons. The zero-order chi connectivity index (χ0) is 13.9. The first-order chi connectivity index (χ1) is 8.24. The minimum Gasteiger partial charge on any atom is -0.475 e. The van der Waals surface area contributed by atoms with Crippen molar-refractivity contribution in [2.24, 2.45) is 0 Å². The number of aryl methyl sites for hydroxylation is 1. The van der Waals surface area contributed by atoms with Crippen molar-refractivity contribution in [1.82, 2.24) is 0 Å². The summed E-state index contributed by atoms with van der Waals surface area (Å²) in [5, 5.41) is 8.60. The fraction of sp³-hybridized carbons (Fsp3) is 0.500. The van der Waals surface area contributed by atoms with E-state index in [4.69, 9.17) is 9.52 Å². The molecule has 1 N–H and O–H groups in total. The summed E-state index contributed by atoms with van der Waals surface area (Å²) in [6.45, 7) is -0.459. The summed E-state index contributed by atoms with van der Waals surface area (Å²) in [6, 6.07) is 1.10. The minimum atomic E-state index is -4.23. The van der Waals surface area contributed by atoms with Gasteiger partial charge in [-0.15, -0.1) is 0 Å². The molecule has 1 rings (SSSR count). The minimum absolute atomic E-state index is 0.174. The van der Waals surface area contributed by atoms with Crippen LogP contribution in [0.1, 0.15) is 21.9 Å². The average molecular weight is 270 g/mol. The van der Waals surface area contributed by atoms with E-state index >= 15 is 0 Å². The smallest absolute Gasteiger partial charge is 0.371 e. The third-order valence-corrected chi connectivity index (χ3v) is 2.10. The van der Waals surface area contributed by atoms with Gasteiger partial charge >= 0.3 is 18.3 Å². The monoisotopic (exact) mass is 270 g/mol. The van der Waals surface area contributed by atoms with E-state index in [0.717, 1.165) is 6.07 Å². The van der Waals surface area contributed by atoms with Gasteiger partial charge in [-0.2, -0.15) is 8.78 Å². The Labute approximate surface area is 99.1 Å². The van der Waals surface area contributed by atoms with Gasteiger partial charge in [0, 0.05) is 5.56 Å². The van der Waals surface area contributed by atoms with E-state index in [-0.39, 0.29) is 17.1 Å². The van der Waals surface area contributed by atoms with Crippen molar-refractivity contribution in [3.63, 3.8) is 0 Å². The van der Waals surface area contributed by atoms with E-state index in [1.807, 2.05) is 0 Å². The highest BCUT2D eigenvalue weighted by Crippen LogP contribution is 2.24. The molecule has 0 aromatic carbocycles. The highest BCUT2D eigenvalue weighted by Gasteiger charge is 2.41. The Morgan fingerprint density at radius 2 is 2.17 bits per heavy atom. The molecule has 8 heteroatoms. The third kappa shape index (κ3) is 3.46. The summed E-state index contributed by atoms with van der Waals surface area (Å²) in [7, 11) is 0. The van der Waals surface area contributed by atoms with Crippen LogP contribution in [-0.4, -0.2) is 30.0 Å². The molecule has 0 aliphatic rings. The summed E-state index contributed by atoms with van der Waals surface area (Å²) in [5.74, 6) is -5.74. The van der Waals surface area contributed by atoms with Gasteiger partial charge in [-0.3, -0.25) is 0 Å². The molecule has 0 unspecified atom stereocenters. The number of rotatable bonds is 6. The van der Waals surface area contributed by atoms with Crippen molar-refractivity contribution in [3.8, 4) is 0 Å². The van der Waals surface area contributed by atoms with Crippen LogP contribution >= 0.6 is 0 Å². The molecule has 1 aromatic heterocycles. The van der Waals surface area contributed by atoms with Gasteiger partial charge in [0.2, 0.25) is 5.76 Å². The Kier molecular flexibility index (Phi) is 4.33. The summed E-state index contributed by atoms with van der Waals surface area (Å²) < 4.78 is 57.8. The summed E-state index contributed by atoms with van der Waals surface area (Å²) in [5.41, 5.74) is 0.220. The largest absolute Gasteiger partial charge is 0.475 e. The number of hydrogen-bond donors (Lipinski definition) is 1. The van der Waals surface area contributed by atoms with Crippen LogP contribution in [0.2, 0.25) is 0 Å². The quantitative estimate of drug-likeness (QED) is 0.807. The molecule has 0 amide bonds. The Morgan fingerprint density at radius 1 is 1.56 bits per heavy atom. The van der Waals surface area contributed by atoms with E-state index in [1.54, 1.807) is 0 Å². The fourth-order valence-electron chi connectivity index (χ4n) is 1.13. The van der Waals surface area contributed by atoms with E-state index in [2.05, 4.69) is 4.74 Å². The van der Waals surface area contributed by atoms with Crippen molar-refractivity contribution in [2.75, 3.05) is 6.61 Å². The average Bonchev–Trinajstić information content (AvgIpc) is 2.60. The maximum atomic E-state index is 12.5. The van der Waals surface area contributed by atoms with Crippen LogP contribution in [0.15, 0.2) is 10.5 Å². The fourth-order valence-corrected chi connectivity index (χ4v) is 1.13. The summed E-state index contributed by atoms with van der Waals surface area (Å²) in [4.78, 5) is 10.5. The molecule has 0 spiro atoms. The Balaban J connectivity index is 2.57. The number of halogens is 4. The van der Waals surface area contributed by atoms with Gasteiger partial charge in [0.15, 0.2) is 0 Å². The van der Waals surface area contributed by atoms with Gasteiger partial charge in [-0.1, -0.05) is 0 Å². The highest BCUT2D eigenvalue weighted by atomic mass is 19.3. The number of carboxylic acid groups (broad SMARTS) is 1. The van der Waals surface area contributed by atoms with Gasteiger partial charge in [-0.25, -0.2) is 13.6 Å². The zero-order valence-corrected chi connectivity index (χ0v) is 9.25. The molecule has 4 nitrogen and oxygen atoms in total. The van der Waals surface area contributed by atoms with Gasteiger partial charge in [0.05, 0.1) is 6.61 Å². The van der Waals surface area contributed by atoms with E-state index in [9.17, 15) is 22.4 Å². The van der Waals surface area contributed by atoms with Gasteiger partial charge in [-0.05, 0) is 13.0 Å². The lowest BCUT2D eigenvalue weighted by atomic mass is 10.2. The maximum Gasteiger partial charge on any atom is 0.371 e. The third-order valence-electron chi connectivity index (χ3n) is 2.10. The summed E-state index contributed by atoms with van der Waals surface area (Å²) in [6.07, 6.45) is -3.81. The second-order valence-electron chi connectivity index (χ2n) is 3.55. The number of carbonyl (C=O) groups is 1. The number of hydrogen-bond acceptors (Lipinski definition) is 3. The van der Waals surface area contributed by atoms with E-state index in [1.165, 1.54) is 6.92 Å². The van der Waals surface area contributed by atoms with Gasteiger partial charge in [0.1, 0.15) is 12.4 Å².